The highest BCUT2D eigenvalue weighted by Gasteiger charge is 2.49. The van der Waals surface area contributed by atoms with E-state index in [0.717, 1.165) is 18.4 Å². The molecule has 1 aromatic rings. The molecule has 116 valence electrons. The lowest BCUT2D eigenvalue weighted by Gasteiger charge is -2.31. The van der Waals surface area contributed by atoms with E-state index in [1.165, 1.54) is 18.2 Å². The third-order valence-electron chi connectivity index (χ3n) is 4.61. The van der Waals surface area contributed by atoms with Gasteiger partial charge in [-0.05, 0) is 37.5 Å². The van der Waals surface area contributed by atoms with Gasteiger partial charge < -0.3 is 10.6 Å². The van der Waals surface area contributed by atoms with Crippen molar-refractivity contribution >= 4 is 11.7 Å². The van der Waals surface area contributed by atoms with Gasteiger partial charge in [-0.2, -0.15) is 0 Å². The molecule has 0 aromatic heterocycles. The molecule has 1 aliphatic carbocycles. The Morgan fingerprint density at radius 2 is 2.00 bits per heavy atom. The van der Waals surface area contributed by atoms with Crippen LogP contribution in [0.15, 0.2) is 36.2 Å². The van der Waals surface area contributed by atoms with Gasteiger partial charge in [-0.3, -0.25) is 9.59 Å². The molecule has 1 atom stereocenters. The lowest BCUT2D eigenvalue weighted by molar-refractivity contribution is -0.140. The van der Waals surface area contributed by atoms with Crippen LogP contribution in [0.2, 0.25) is 0 Å². The number of amides is 1. The van der Waals surface area contributed by atoms with Crippen molar-refractivity contribution in [3.63, 3.8) is 0 Å². The highest BCUT2D eigenvalue weighted by atomic mass is 19.1. The summed E-state index contributed by atoms with van der Waals surface area (Å²) in [6.07, 6.45) is 4.55. The summed E-state index contributed by atoms with van der Waals surface area (Å²) < 4.78 is 13.3. The molecule has 0 unspecified atom stereocenters. The maximum atomic E-state index is 13.3. The van der Waals surface area contributed by atoms with Crippen molar-refractivity contribution in [2.24, 2.45) is 5.41 Å². The quantitative estimate of drug-likeness (QED) is 0.844. The van der Waals surface area contributed by atoms with Gasteiger partial charge in [0, 0.05) is 12.1 Å². The van der Waals surface area contributed by atoms with E-state index < -0.39 is 5.41 Å². The van der Waals surface area contributed by atoms with Crippen LogP contribution in [0.5, 0.6) is 0 Å². The first-order valence-electron chi connectivity index (χ1n) is 7.61. The van der Waals surface area contributed by atoms with Gasteiger partial charge >= 0.3 is 0 Å². The molecule has 22 heavy (non-hydrogen) atoms. The molecule has 5 heteroatoms. The summed E-state index contributed by atoms with van der Waals surface area (Å²) in [5.41, 5.74) is -0.100. The number of carbonyl (C=O) groups excluding carboxylic acids is 2. The Hall–Kier alpha value is -2.17. The fraction of sp³-hybridized carbons (Fsp3) is 0.412. The second-order valence-electron chi connectivity index (χ2n) is 6.09. The molecule has 3 rings (SSSR count). The zero-order chi connectivity index (χ0) is 15.7. The molecule has 1 spiro atoms. The SMILES string of the molecule is C[C@H](NC1=CC(=O)C2(CCCC2)C(=O)N1)c1cccc(F)c1. The second-order valence-corrected chi connectivity index (χ2v) is 6.09. The Morgan fingerprint density at radius 1 is 1.27 bits per heavy atom. The summed E-state index contributed by atoms with van der Waals surface area (Å²) in [5.74, 6) is -0.257. The van der Waals surface area contributed by atoms with Gasteiger partial charge in [0.15, 0.2) is 5.78 Å². The molecule has 0 bridgehead atoms. The summed E-state index contributed by atoms with van der Waals surface area (Å²) in [6, 6.07) is 6.03. The van der Waals surface area contributed by atoms with Gasteiger partial charge in [0.1, 0.15) is 17.1 Å². The maximum absolute atomic E-state index is 13.3. The normalized spacial score (nSPS) is 21.5. The van der Waals surface area contributed by atoms with E-state index >= 15 is 0 Å². The monoisotopic (exact) mass is 302 g/mol. The Balaban J connectivity index is 1.76. The van der Waals surface area contributed by atoms with Crippen molar-refractivity contribution in [2.75, 3.05) is 0 Å². The van der Waals surface area contributed by atoms with Crippen molar-refractivity contribution in [1.29, 1.82) is 0 Å². The Morgan fingerprint density at radius 3 is 2.64 bits per heavy atom. The number of carbonyl (C=O) groups is 2. The number of hydrogen-bond acceptors (Lipinski definition) is 3. The fourth-order valence-corrected chi connectivity index (χ4v) is 3.28. The van der Waals surface area contributed by atoms with E-state index in [0.29, 0.717) is 18.7 Å². The molecule has 1 heterocycles. The molecule has 1 saturated carbocycles. The highest BCUT2D eigenvalue weighted by molar-refractivity contribution is 6.14. The number of ketones is 1. The van der Waals surface area contributed by atoms with Gasteiger partial charge in [-0.1, -0.05) is 25.0 Å². The number of halogens is 1. The predicted octanol–water partition coefficient (Wildman–Crippen LogP) is 2.58. The molecule has 0 radical (unpaired) electrons. The Labute approximate surface area is 128 Å². The number of rotatable bonds is 3. The maximum Gasteiger partial charge on any atom is 0.239 e. The van der Waals surface area contributed by atoms with Gasteiger partial charge in [-0.15, -0.1) is 0 Å². The third-order valence-corrected chi connectivity index (χ3v) is 4.61. The van der Waals surface area contributed by atoms with Crippen LogP contribution in [-0.4, -0.2) is 11.7 Å². The van der Waals surface area contributed by atoms with E-state index in [1.54, 1.807) is 12.1 Å². The summed E-state index contributed by atoms with van der Waals surface area (Å²) in [7, 11) is 0. The first kappa shape index (κ1) is 14.8. The van der Waals surface area contributed by atoms with Crippen molar-refractivity contribution < 1.29 is 14.0 Å². The minimum absolute atomic E-state index is 0.123. The van der Waals surface area contributed by atoms with E-state index in [9.17, 15) is 14.0 Å². The molecule has 1 aromatic carbocycles. The van der Waals surface area contributed by atoms with Gasteiger partial charge in [0.25, 0.3) is 0 Å². The van der Waals surface area contributed by atoms with Crippen LogP contribution in [0, 0.1) is 11.2 Å². The minimum atomic E-state index is -0.854. The number of allylic oxidation sites excluding steroid dienone is 1. The Bertz CT molecular complexity index is 648. The van der Waals surface area contributed by atoms with E-state index in [2.05, 4.69) is 10.6 Å². The minimum Gasteiger partial charge on any atom is -0.365 e. The molecule has 2 aliphatic rings. The number of nitrogens with one attached hydrogen (secondary N) is 2. The molecular formula is C17H19FN2O2. The van der Waals surface area contributed by atoms with Gasteiger partial charge in [0.05, 0.1) is 0 Å². The second kappa shape index (κ2) is 5.55. The molecule has 0 saturated heterocycles. The van der Waals surface area contributed by atoms with Crippen molar-refractivity contribution in [1.82, 2.24) is 10.6 Å². The summed E-state index contributed by atoms with van der Waals surface area (Å²) in [4.78, 5) is 24.7. The molecule has 1 aliphatic heterocycles. The summed E-state index contributed by atoms with van der Waals surface area (Å²) >= 11 is 0. The molecule has 2 N–H and O–H groups in total. The van der Waals surface area contributed by atoms with Gasteiger partial charge in [-0.25, -0.2) is 4.39 Å². The number of benzene rings is 1. The van der Waals surface area contributed by atoms with Crippen molar-refractivity contribution in [3.8, 4) is 0 Å². The largest absolute Gasteiger partial charge is 0.365 e. The number of hydrogen-bond donors (Lipinski definition) is 2. The summed E-state index contributed by atoms with van der Waals surface area (Å²) in [5, 5.41) is 5.86. The topological polar surface area (TPSA) is 58.2 Å². The van der Waals surface area contributed by atoms with Crippen LogP contribution < -0.4 is 10.6 Å². The zero-order valence-electron chi connectivity index (χ0n) is 12.5. The van der Waals surface area contributed by atoms with Crippen molar-refractivity contribution in [3.05, 3.63) is 47.5 Å². The summed E-state index contributed by atoms with van der Waals surface area (Å²) in [6.45, 7) is 1.85. The molecule has 1 fully saturated rings. The molecular weight excluding hydrogens is 283 g/mol. The average Bonchev–Trinajstić information content (AvgIpc) is 2.96. The lowest BCUT2D eigenvalue weighted by atomic mass is 9.79. The van der Waals surface area contributed by atoms with Crippen LogP contribution in [0.3, 0.4) is 0 Å². The van der Waals surface area contributed by atoms with E-state index in [1.807, 2.05) is 6.92 Å². The van der Waals surface area contributed by atoms with E-state index in [4.69, 9.17) is 0 Å². The lowest BCUT2D eigenvalue weighted by Crippen LogP contribution is -2.50. The van der Waals surface area contributed by atoms with Crippen LogP contribution in [-0.2, 0) is 9.59 Å². The van der Waals surface area contributed by atoms with Crippen LogP contribution in [0.25, 0.3) is 0 Å². The first-order valence-corrected chi connectivity index (χ1v) is 7.61. The smallest absolute Gasteiger partial charge is 0.239 e. The zero-order valence-corrected chi connectivity index (χ0v) is 12.5. The Kier molecular flexibility index (Phi) is 3.72. The van der Waals surface area contributed by atoms with Crippen LogP contribution >= 0.6 is 0 Å². The fourth-order valence-electron chi connectivity index (χ4n) is 3.28. The molecule has 4 nitrogen and oxygen atoms in total. The van der Waals surface area contributed by atoms with E-state index in [-0.39, 0.29) is 23.5 Å². The molecule has 1 amide bonds. The van der Waals surface area contributed by atoms with Gasteiger partial charge in [0.2, 0.25) is 5.91 Å². The predicted molar refractivity (Wildman–Crippen MR) is 80.1 cm³/mol. The highest BCUT2D eigenvalue weighted by Crippen LogP contribution is 2.41. The standard InChI is InChI=1S/C17H19FN2O2/c1-11(12-5-4-6-13(18)9-12)19-15-10-14(21)17(16(22)20-15)7-2-3-8-17/h4-6,9-11,19H,2-3,7-8H2,1H3,(H,20,22)/t11-/m0/s1. The first-order chi connectivity index (χ1) is 10.5. The van der Waals surface area contributed by atoms with Crippen LogP contribution in [0.4, 0.5) is 4.39 Å². The van der Waals surface area contributed by atoms with Crippen LogP contribution in [0.1, 0.15) is 44.2 Å². The third kappa shape index (κ3) is 2.51. The average molecular weight is 302 g/mol. The van der Waals surface area contributed by atoms with Crippen molar-refractivity contribution in [2.45, 2.75) is 38.6 Å².